The lowest BCUT2D eigenvalue weighted by Gasteiger charge is -2.15. The SMILES string of the molecule is O=C(CN1CC(c2ccnc3[nH]ccc23)C=N1)c1ccccc1. The molecule has 3 heterocycles. The molecule has 0 aliphatic carbocycles. The fraction of sp³-hybridized carbons (Fsp3) is 0.167. The molecule has 1 N–H and O–H groups in total. The molecule has 2 aromatic heterocycles. The molecule has 5 nitrogen and oxygen atoms in total. The van der Waals surface area contributed by atoms with Crippen molar-refractivity contribution in [3.05, 3.63) is 66.0 Å². The summed E-state index contributed by atoms with van der Waals surface area (Å²) in [5.41, 5.74) is 2.80. The average Bonchev–Trinajstić information content (AvgIpc) is 3.24. The fourth-order valence-corrected chi connectivity index (χ4v) is 2.97. The number of rotatable bonds is 4. The third-order valence-corrected chi connectivity index (χ3v) is 4.13. The van der Waals surface area contributed by atoms with Gasteiger partial charge >= 0.3 is 0 Å². The van der Waals surface area contributed by atoms with E-state index in [1.54, 1.807) is 6.20 Å². The first-order chi connectivity index (χ1) is 11.3. The largest absolute Gasteiger partial charge is 0.346 e. The van der Waals surface area contributed by atoms with Gasteiger partial charge in [0.15, 0.2) is 5.78 Å². The van der Waals surface area contributed by atoms with Crippen LogP contribution in [0.4, 0.5) is 0 Å². The van der Waals surface area contributed by atoms with E-state index < -0.39 is 0 Å². The predicted molar refractivity (Wildman–Crippen MR) is 89.7 cm³/mol. The molecule has 0 saturated heterocycles. The first-order valence-electron chi connectivity index (χ1n) is 7.60. The van der Waals surface area contributed by atoms with Crippen LogP contribution in [0.3, 0.4) is 0 Å². The minimum Gasteiger partial charge on any atom is -0.346 e. The third-order valence-electron chi connectivity index (χ3n) is 4.13. The second-order valence-electron chi connectivity index (χ2n) is 5.65. The minimum absolute atomic E-state index is 0.0879. The van der Waals surface area contributed by atoms with E-state index in [9.17, 15) is 4.79 Å². The van der Waals surface area contributed by atoms with Crippen LogP contribution in [0.25, 0.3) is 11.0 Å². The van der Waals surface area contributed by atoms with E-state index in [1.165, 1.54) is 5.56 Å². The van der Waals surface area contributed by atoms with Gasteiger partial charge in [0.05, 0.1) is 6.54 Å². The Morgan fingerprint density at radius 2 is 2.09 bits per heavy atom. The number of carbonyl (C=O) groups excluding carboxylic acids is 1. The summed E-state index contributed by atoms with van der Waals surface area (Å²) < 4.78 is 0. The summed E-state index contributed by atoms with van der Waals surface area (Å²) >= 11 is 0. The van der Waals surface area contributed by atoms with E-state index in [-0.39, 0.29) is 11.7 Å². The van der Waals surface area contributed by atoms with Crippen LogP contribution in [-0.4, -0.2) is 40.1 Å². The Morgan fingerprint density at radius 3 is 2.96 bits per heavy atom. The van der Waals surface area contributed by atoms with Gasteiger partial charge in [-0.25, -0.2) is 4.98 Å². The van der Waals surface area contributed by atoms with E-state index in [0.717, 1.165) is 16.6 Å². The molecule has 0 fully saturated rings. The molecule has 1 aliphatic rings. The number of hydrogen-bond donors (Lipinski definition) is 1. The Morgan fingerprint density at radius 1 is 1.22 bits per heavy atom. The number of benzene rings is 1. The zero-order valence-electron chi connectivity index (χ0n) is 12.5. The van der Waals surface area contributed by atoms with Crippen LogP contribution in [0.5, 0.6) is 0 Å². The highest BCUT2D eigenvalue weighted by Gasteiger charge is 2.23. The monoisotopic (exact) mass is 304 g/mol. The second kappa shape index (κ2) is 5.68. The lowest BCUT2D eigenvalue weighted by atomic mass is 9.99. The highest BCUT2D eigenvalue weighted by atomic mass is 16.1. The molecular weight excluding hydrogens is 288 g/mol. The quantitative estimate of drug-likeness (QED) is 0.754. The van der Waals surface area contributed by atoms with Gasteiger partial charge in [-0.2, -0.15) is 5.10 Å². The Kier molecular flexibility index (Phi) is 3.38. The number of hydrogen-bond acceptors (Lipinski definition) is 4. The van der Waals surface area contributed by atoms with Gasteiger partial charge in [-0.1, -0.05) is 30.3 Å². The molecule has 0 radical (unpaired) electrons. The number of hydrazone groups is 1. The van der Waals surface area contributed by atoms with E-state index in [0.29, 0.717) is 13.1 Å². The van der Waals surface area contributed by atoms with Crippen LogP contribution in [0.1, 0.15) is 21.8 Å². The van der Waals surface area contributed by atoms with Crippen molar-refractivity contribution in [3.63, 3.8) is 0 Å². The molecule has 0 bridgehead atoms. The first-order valence-corrected chi connectivity index (χ1v) is 7.60. The maximum Gasteiger partial charge on any atom is 0.183 e. The molecule has 1 atom stereocenters. The normalized spacial score (nSPS) is 17.0. The highest BCUT2D eigenvalue weighted by Crippen LogP contribution is 2.26. The van der Waals surface area contributed by atoms with Crippen molar-refractivity contribution in [2.45, 2.75) is 5.92 Å². The molecule has 5 heteroatoms. The topological polar surface area (TPSA) is 61.4 Å². The maximum absolute atomic E-state index is 12.3. The zero-order chi connectivity index (χ0) is 15.6. The Bertz CT molecular complexity index is 869. The van der Waals surface area contributed by atoms with Gasteiger partial charge < -0.3 is 4.98 Å². The fourth-order valence-electron chi connectivity index (χ4n) is 2.97. The summed E-state index contributed by atoms with van der Waals surface area (Å²) in [6, 6.07) is 13.4. The van der Waals surface area contributed by atoms with Crippen LogP contribution in [0, 0.1) is 0 Å². The lowest BCUT2D eigenvalue weighted by molar-refractivity contribution is 0.0939. The van der Waals surface area contributed by atoms with Crippen LogP contribution in [0.15, 0.2) is 60.0 Å². The van der Waals surface area contributed by atoms with Gasteiger partial charge in [0.1, 0.15) is 5.65 Å². The number of H-pyrrole nitrogens is 1. The van der Waals surface area contributed by atoms with Crippen molar-refractivity contribution >= 4 is 23.0 Å². The second-order valence-corrected chi connectivity index (χ2v) is 5.65. The number of aromatic nitrogens is 2. The van der Waals surface area contributed by atoms with Gasteiger partial charge in [-0.3, -0.25) is 9.80 Å². The Labute approximate surface area is 133 Å². The predicted octanol–water partition coefficient (Wildman–Crippen LogP) is 2.83. The van der Waals surface area contributed by atoms with Crippen molar-refractivity contribution in [3.8, 4) is 0 Å². The number of pyridine rings is 1. The van der Waals surface area contributed by atoms with Crippen LogP contribution in [-0.2, 0) is 0 Å². The lowest BCUT2D eigenvalue weighted by Crippen LogP contribution is -2.25. The summed E-state index contributed by atoms with van der Waals surface area (Å²) in [4.78, 5) is 19.7. The van der Waals surface area contributed by atoms with Crippen molar-refractivity contribution in [1.29, 1.82) is 0 Å². The van der Waals surface area contributed by atoms with Crippen LogP contribution >= 0.6 is 0 Å². The molecule has 1 aliphatic heterocycles. The summed E-state index contributed by atoms with van der Waals surface area (Å²) in [6.07, 6.45) is 5.61. The molecule has 114 valence electrons. The number of carbonyl (C=O) groups is 1. The van der Waals surface area contributed by atoms with E-state index >= 15 is 0 Å². The standard InChI is InChI=1S/C18H16N4O/c23-17(13-4-2-1-3-5-13)12-22-11-14(10-21-22)15-6-8-19-18-16(15)7-9-20-18/h1-10,14H,11-12H2,(H,19,20). The van der Waals surface area contributed by atoms with Gasteiger partial charge in [-0.15, -0.1) is 0 Å². The number of aromatic amines is 1. The summed E-state index contributed by atoms with van der Waals surface area (Å²) in [7, 11) is 0. The summed E-state index contributed by atoms with van der Waals surface area (Å²) in [6.45, 7) is 1.02. The molecule has 0 amide bonds. The molecule has 1 unspecified atom stereocenters. The van der Waals surface area contributed by atoms with E-state index in [2.05, 4.69) is 15.1 Å². The smallest absolute Gasteiger partial charge is 0.183 e. The number of nitrogens with one attached hydrogen (secondary N) is 1. The number of nitrogens with zero attached hydrogens (tertiary/aromatic N) is 3. The maximum atomic E-state index is 12.3. The van der Waals surface area contributed by atoms with Crippen molar-refractivity contribution in [2.75, 3.05) is 13.1 Å². The number of Topliss-reactive ketones (excluding diaryl/α,β-unsaturated/α-hetero) is 1. The Hall–Kier alpha value is -2.95. The molecule has 1 aromatic carbocycles. The third kappa shape index (κ3) is 2.61. The van der Waals surface area contributed by atoms with Gasteiger partial charge in [0.25, 0.3) is 0 Å². The van der Waals surface area contributed by atoms with Crippen molar-refractivity contribution < 1.29 is 4.79 Å². The minimum atomic E-state index is 0.0879. The molecule has 0 saturated carbocycles. The number of fused-ring (bicyclic) bond motifs is 1. The number of ketones is 1. The highest BCUT2D eigenvalue weighted by molar-refractivity contribution is 5.97. The zero-order valence-corrected chi connectivity index (χ0v) is 12.5. The summed E-state index contributed by atoms with van der Waals surface area (Å²) in [5.74, 6) is 0.268. The van der Waals surface area contributed by atoms with E-state index in [1.807, 2.05) is 59.9 Å². The first kappa shape index (κ1) is 13.7. The van der Waals surface area contributed by atoms with Crippen molar-refractivity contribution in [2.24, 2.45) is 5.10 Å². The molecule has 4 rings (SSSR count). The van der Waals surface area contributed by atoms with E-state index in [4.69, 9.17) is 0 Å². The molecule has 23 heavy (non-hydrogen) atoms. The van der Waals surface area contributed by atoms with Crippen molar-refractivity contribution in [1.82, 2.24) is 15.0 Å². The molecule has 0 spiro atoms. The van der Waals surface area contributed by atoms with Gasteiger partial charge in [-0.05, 0) is 17.7 Å². The van der Waals surface area contributed by atoms with Gasteiger partial charge in [0, 0.05) is 42.0 Å². The molecular formula is C18H16N4O. The van der Waals surface area contributed by atoms with Crippen LogP contribution < -0.4 is 0 Å². The summed E-state index contributed by atoms with van der Waals surface area (Å²) in [5, 5.41) is 7.35. The average molecular weight is 304 g/mol. The molecule has 3 aromatic rings. The van der Waals surface area contributed by atoms with Gasteiger partial charge in [0.2, 0.25) is 0 Å². The van der Waals surface area contributed by atoms with Crippen LogP contribution in [0.2, 0.25) is 0 Å². The Balaban J connectivity index is 1.49.